The van der Waals surface area contributed by atoms with Crippen LogP contribution in [0, 0.1) is 5.92 Å². The molecule has 2 aliphatic rings. The van der Waals surface area contributed by atoms with Gasteiger partial charge in [0, 0.05) is 0 Å². The fraction of sp³-hybridized carbons (Fsp3) is 1.00. The van der Waals surface area contributed by atoms with E-state index in [-0.39, 0.29) is 5.92 Å². The van der Waals surface area contributed by atoms with Gasteiger partial charge in [0.05, 0.1) is 11.2 Å². The Kier molecular flexibility index (Phi) is 1.79. The lowest BCUT2D eigenvalue weighted by Gasteiger charge is -2.34. The third-order valence-electron chi connectivity index (χ3n) is 3.84. The van der Waals surface area contributed by atoms with Gasteiger partial charge in [-0.15, -0.1) is 0 Å². The van der Waals surface area contributed by atoms with Gasteiger partial charge in [0.25, 0.3) is 0 Å². The van der Waals surface area contributed by atoms with Crippen LogP contribution < -0.4 is 0 Å². The average Bonchev–Trinajstić information content (AvgIpc) is 2.50. The maximum absolute atomic E-state index is 9.90. The Labute approximate surface area is 78.7 Å². The van der Waals surface area contributed by atoms with Crippen molar-refractivity contribution in [3.05, 3.63) is 0 Å². The van der Waals surface area contributed by atoms with E-state index in [0.717, 1.165) is 12.8 Å². The number of hydrogen-bond donors (Lipinski definition) is 2. The first-order valence-electron chi connectivity index (χ1n) is 4.99. The molecule has 2 heterocycles. The lowest BCUT2D eigenvalue weighted by molar-refractivity contribution is -0.0974. The highest BCUT2D eigenvalue weighted by molar-refractivity contribution is 5.14. The van der Waals surface area contributed by atoms with Crippen LogP contribution in [-0.4, -0.2) is 33.6 Å². The summed E-state index contributed by atoms with van der Waals surface area (Å²) in [4.78, 5) is 0. The third kappa shape index (κ3) is 0.953. The molecule has 2 N–H and O–H groups in total. The van der Waals surface area contributed by atoms with E-state index in [2.05, 4.69) is 0 Å². The molecule has 2 rings (SSSR count). The van der Waals surface area contributed by atoms with Crippen molar-refractivity contribution in [1.29, 1.82) is 0 Å². The summed E-state index contributed by atoms with van der Waals surface area (Å²) < 4.78 is 5.83. The minimum atomic E-state index is -0.719. The molecule has 2 saturated heterocycles. The van der Waals surface area contributed by atoms with Crippen molar-refractivity contribution in [2.75, 3.05) is 0 Å². The molecule has 0 spiro atoms. The van der Waals surface area contributed by atoms with E-state index < -0.39 is 23.4 Å². The van der Waals surface area contributed by atoms with Crippen LogP contribution in [0.3, 0.4) is 0 Å². The summed E-state index contributed by atoms with van der Waals surface area (Å²) in [5.41, 5.74) is -1.00. The molecule has 3 heteroatoms. The second kappa shape index (κ2) is 2.47. The Morgan fingerprint density at radius 3 is 2.15 bits per heavy atom. The highest BCUT2D eigenvalue weighted by atomic mass is 16.6. The van der Waals surface area contributed by atoms with Gasteiger partial charge in [-0.05, 0) is 25.7 Å². The molecule has 0 unspecified atom stereocenters. The normalized spacial score (nSPS) is 54.9. The van der Waals surface area contributed by atoms with Crippen LogP contribution in [0.25, 0.3) is 0 Å². The largest absolute Gasteiger partial charge is 0.387 e. The molecule has 0 radical (unpaired) electrons. The predicted molar refractivity (Wildman–Crippen MR) is 48.3 cm³/mol. The lowest BCUT2D eigenvalue weighted by atomic mass is 9.73. The highest BCUT2D eigenvalue weighted by Gasteiger charge is 2.65. The Morgan fingerprint density at radius 2 is 1.85 bits per heavy atom. The first-order valence-corrected chi connectivity index (χ1v) is 4.99. The zero-order valence-corrected chi connectivity index (χ0v) is 8.45. The zero-order chi connectivity index (χ0) is 9.85. The van der Waals surface area contributed by atoms with Gasteiger partial charge in [0.1, 0.15) is 12.2 Å². The second-order valence-electron chi connectivity index (χ2n) is 4.91. The smallest absolute Gasteiger partial charge is 0.112 e. The van der Waals surface area contributed by atoms with E-state index >= 15 is 0 Å². The van der Waals surface area contributed by atoms with Crippen molar-refractivity contribution in [3.63, 3.8) is 0 Å². The van der Waals surface area contributed by atoms with E-state index in [4.69, 9.17) is 4.74 Å². The van der Waals surface area contributed by atoms with Crippen molar-refractivity contribution >= 4 is 0 Å². The summed E-state index contributed by atoms with van der Waals surface area (Å²) in [6.45, 7) is 5.96. The van der Waals surface area contributed by atoms with Gasteiger partial charge < -0.3 is 14.9 Å². The third-order valence-corrected chi connectivity index (χ3v) is 3.84. The van der Waals surface area contributed by atoms with Gasteiger partial charge >= 0.3 is 0 Å². The number of rotatable bonds is 1. The van der Waals surface area contributed by atoms with Crippen molar-refractivity contribution in [1.82, 2.24) is 0 Å². The molecule has 0 aliphatic carbocycles. The van der Waals surface area contributed by atoms with E-state index in [1.165, 1.54) is 0 Å². The number of fused-ring (bicyclic) bond motifs is 2. The van der Waals surface area contributed by atoms with Crippen molar-refractivity contribution in [2.24, 2.45) is 5.92 Å². The van der Waals surface area contributed by atoms with Gasteiger partial charge in [-0.3, -0.25) is 0 Å². The standard InChI is InChI=1S/C10H18O3/c1-6(2)10-5-4-9(3,13-10)7(11)8(10)12/h6-8,11-12H,4-5H2,1-3H3/t7-,8+,9+,10+/m0/s1. The molecular formula is C10H18O3. The molecule has 2 bridgehead atoms. The fourth-order valence-electron chi connectivity index (χ4n) is 2.75. The van der Waals surface area contributed by atoms with Crippen LogP contribution in [0.1, 0.15) is 33.6 Å². The van der Waals surface area contributed by atoms with Crippen LogP contribution in [-0.2, 0) is 4.74 Å². The minimum absolute atomic E-state index is 0.251. The maximum Gasteiger partial charge on any atom is 0.112 e. The summed E-state index contributed by atoms with van der Waals surface area (Å²) >= 11 is 0. The number of aliphatic hydroxyl groups excluding tert-OH is 2. The number of aliphatic hydroxyl groups is 2. The highest BCUT2D eigenvalue weighted by Crippen LogP contribution is 2.53. The minimum Gasteiger partial charge on any atom is -0.387 e. The molecule has 0 aromatic heterocycles. The monoisotopic (exact) mass is 186 g/mol. The maximum atomic E-state index is 9.90. The Balaban J connectivity index is 2.34. The van der Waals surface area contributed by atoms with E-state index in [1.54, 1.807) is 0 Å². The summed E-state index contributed by atoms with van der Waals surface area (Å²) in [5.74, 6) is 0.251. The second-order valence-corrected chi connectivity index (χ2v) is 4.91. The first-order chi connectivity index (χ1) is 5.92. The zero-order valence-electron chi connectivity index (χ0n) is 8.45. The molecule has 2 fully saturated rings. The molecule has 0 saturated carbocycles. The molecule has 2 aliphatic heterocycles. The molecule has 76 valence electrons. The molecule has 4 atom stereocenters. The van der Waals surface area contributed by atoms with Gasteiger partial charge in [0.15, 0.2) is 0 Å². The molecule has 0 aromatic rings. The summed E-state index contributed by atoms with van der Waals surface area (Å²) in [7, 11) is 0. The van der Waals surface area contributed by atoms with Crippen LogP contribution in [0.4, 0.5) is 0 Å². The van der Waals surface area contributed by atoms with Gasteiger partial charge in [-0.1, -0.05) is 13.8 Å². The SMILES string of the molecule is CC(C)[C@@]12CC[C@@](C)(O1)[C@@H](O)[C@H]2O. The van der Waals surface area contributed by atoms with Crippen LogP contribution in [0.2, 0.25) is 0 Å². The van der Waals surface area contributed by atoms with Crippen LogP contribution in [0.15, 0.2) is 0 Å². The Hall–Kier alpha value is -0.120. The van der Waals surface area contributed by atoms with E-state index in [1.807, 2.05) is 20.8 Å². The van der Waals surface area contributed by atoms with E-state index in [0.29, 0.717) is 0 Å². The predicted octanol–water partition coefficient (Wildman–Crippen LogP) is 0.686. The summed E-state index contributed by atoms with van der Waals surface area (Å²) in [6.07, 6.45) is 0.276. The average molecular weight is 186 g/mol. The van der Waals surface area contributed by atoms with Crippen molar-refractivity contribution < 1.29 is 14.9 Å². The molecule has 0 amide bonds. The van der Waals surface area contributed by atoms with Crippen molar-refractivity contribution in [3.8, 4) is 0 Å². The molecular weight excluding hydrogens is 168 g/mol. The fourth-order valence-corrected chi connectivity index (χ4v) is 2.75. The molecule has 3 nitrogen and oxygen atoms in total. The van der Waals surface area contributed by atoms with Gasteiger partial charge in [-0.2, -0.15) is 0 Å². The topological polar surface area (TPSA) is 49.7 Å². The Bertz CT molecular complexity index is 228. The van der Waals surface area contributed by atoms with Crippen LogP contribution in [0.5, 0.6) is 0 Å². The van der Waals surface area contributed by atoms with Crippen molar-refractivity contribution in [2.45, 2.75) is 57.0 Å². The molecule has 0 aromatic carbocycles. The number of hydrogen-bond acceptors (Lipinski definition) is 3. The molecule has 13 heavy (non-hydrogen) atoms. The first kappa shape index (κ1) is 9.44. The lowest BCUT2D eigenvalue weighted by Crippen LogP contribution is -2.50. The van der Waals surface area contributed by atoms with Gasteiger partial charge in [0.2, 0.25) is 0 Å². The Morgan fingerprint density at radius 1 is 1.23 bits per heavy atom. The summed E-state index contributed by atoms with van der Waals surface area (Å²) in [5, 5.41) is 19.7. The number of ether oxygens (including phenoxy) is 1. The van der Waals surface area contributed by atoms with Gasteiger partial charge in [-0.25, -0.2) is 0 Å². The van der Waals surface area contributed by atoms with E-state index in [9.17, 15) is 10.2 Å². The van der Waals surface area contributed by atoms with Crippen LogP contribution >= 0.6 is 0 Å². The quantitative estimate of drug-likeness (QED) is 0.633. The summed E-state index contributed by atoms with van der Waals surface area (Å²) in [6, 6.07) is 0.